The predicted molar refractivity (Wildman–Crippen MR) is 86.3 cm³/mol. The number of anilines is 1. The lowest BCUT2D eigenvalue weighted by atomic mass is 10.2. The molecule has 116 valence electrons. The molecule has 8 heteroatoms. The van der Waals surface area contributed by atoms with E-state index in [1.54, 1.807) is 12.3 Å². The van der Waals surface area contributed by atoms with Crippen molar-refractivity contribution < 1.29 is 9.18 Å². The molecule has 1 aromatic carbocycles. The van der Waals surface area contributed by atoms with Gasteiger partial charge in [-0.25, -0.2) is 9.37 Å². The van der Waals surface area contributed by atoms with Gasteiger partial charge in [0.25, 0.3) is 5.91 Å². The summed E-state index contributed by atoms with van der Waals surface area (Å²) in [6, 6.07) is 8.84. The lowest BCUT2D eigenvalue weighted by Gasteiger charge is -2.00. The molecule has 0 saturated carbocycles. The van der Waals surface area contributed by atoms with E-state index in [4.69, 9.17) is 11.6 Å². The van der Waals surface area contributed by atoms with Gasteiger partial charge in [0, 0.05) is 18.2 Å². The Hall–Kier alpha value is -2.38. The monoisotopic (exact) mass is 348 g/mol. The quantitative estimate of drug-likeness (QED) is 0.732. The molecule has 2 heterocycles. The van der Waals surface area contributed by atoms with Crippen LogP contribution >= 0.6 is 22.9 Å². The summed E-state index contributed by atoms with van der Waals surface area (Å²) in [5.41, 5.74) is 1.30. The van der Waals surface area contributed by atoms with E-state index < -0.39 is 5.82 Å². The lowest BCUT2D eigenvalue weighted by molar-refractivity contribution is 0.102. The predicted octanol–water partition coefficient (Wildman–Crippen LogP) is 3.57. The number of amides is 1. The number of nitrogens with one attached hydrogen (secondary N) is 1. The second-order valence-electron chi connectivity index (χ2n) is 4.63. The SMILES string of the molecule is O=C(Nc1nnc(Cc2ccc(Cl)nc2)s1)c1ccc(F)cc1. The van der Waals surface area contributed by atoms with Crippen molar-refractivity contribution in [2.45, 2.75) is 6.42 Å². The summed E-state index contributed by atoms with van der Waals surface area (Å²) >= 11 is 7.01. The van der Waals surface area contributed by atoms with Gasteiger partial charge in [0.05, 0.1) is 0 Å². The molecular formula is C15H10ClFN4OS. The Morgan fingerprint density at radius 2 is 1.96 bits per heavy atom. The first-order chi connectivity index (χ1) is 11.1. The lowest BCUT2D eigenvalue weighted by Crippen LogP contribution is -2.11. The van der Waals surface area contributed by atoms with Crippen LogP contribution in [0.5, 0.6) is 0 Å². The molecule has 0 aliphatic rings. The van der Waals surface area contributed by atoms with E-state index >= 15 is 0 Å². The zero-order valence-electron chi connectivity index (χ0n) is 11.7. The van der Waals surface area contributed by atoms with Gasteiger partial charge in [0.2, 0.25) is 5.13 Å². The zero-order valence-corrected chi connectivity index (χ0v) is 13.2. The first kappa shape index (κ1) is 15.5. The molecule has 3 rings (SSSR count). The highest BCUT2D eigenvalue weighted by molar-refractivity contribution is 7.15. The minimum Gasteiger partial charge on any atom is -0.296 e. The Bertz CT molecular complexity index is 820. The van der Waals surface area contributed by atoms with Crippen molar-refractivity contribution >= 4 is 34.0 Å². The smallest absolute Gasteiger partial charge is 0.257 e. The molecule has 3 aromatic rings. The maximum Gasteiger partial charge on any atom is 0.257 e. The van der Waals surface area contributed by atoms with Crippen molar-refractivity contribution in [3.05, 3.63) is 69.7 Å². The fraction of sp³-hybridized carbons (Fsp3) is 0.0667. The summed E-state index contributed by atoms with van der Waals surface area (Å²) in [6.45, 7) is 0. The molecule has 0 saturated heterocycles. The van der Waals surface area contributed by atoms with Crippen LogP contribution in [0.2, 0.25) is 5.15 Å². The largest absolute Gasteiger partial charge is 0.296 e. The Balaban J connectivity index is 1.66. The van der Waals surface area contributed by atoms with Gasteiger partial charge in [-0.15, -0.1) is 10.2 Å². The summed E-state index contributed by atoms with van der Waals surface area (Å²) in [5.74, 6) is -0.753. The van der Waals surface area contributed by atoms with Gasteiger partial charge < -0.3 is 0 Å². The Kier molecular flexibility index (Phi) is 4.59. The molecule has 5 nitrogen and oxygen atoms in total. The van der Waals surface area contributed by atoms with E-state index in [-0.39, 0.29) is 5.91 Å². The Labute approximate surface area is 140 Å². The molecule has 0 spiro atoms. The molecular weight excluding hydrogens is 339 g/mol. The van der Waals surface area contributed by atoms with Crippen molar-refractivity contribution in [1.29, 1.82) is 0 Å². The van der Waals surface area contributed by atoms with Crippen LogP contribution in [0.4, 0.5) is 9.52 Å². The van der Waals surface area contributed by atoms with Gasteiger partial charge in [-0.05, 0) is 35.9 Å². The molecule has 23 heavy (non-hydrogen) atoms. The third kappa shape index (κ3) is 4.08. The highest BCUT2D eigenvalue weighted by Gasteiger charge is 2.11. The number of benzene rings is 1. The molecule has 0 atom stereocenters. The number of nitrogens with zero attached hydrogens (tertiary/aromatic N) is 3. The maximum absolute atomic E-state index is 12.8. The van der Waals surface area contributed by atoms with E-state index in [0.29, 0.717) is 22.3 Å². The Morgan fingerprint density at radius 3 is 2.65 bits per heavy atom. The minimum atomic E-state index is -0.392. The summed E-state index contributed by atoms with van der Waals surface area (Å²) in [5, 5.41) is 12.2. The van der Waals surface area contributed by atoms with Gasteiger partial charge in [-0.2, -0.15) is 0 Å². The minimum absolute atomic E-state index is 0.352. The summed E-state index contributed by atoms with van der Waals surface area (Å²) in [6.07, 6.45) is 2.22. The number of carbonyl (C=O) groups excluding carboxylic acids is 1. The van der Waals surface area contributed by atoms with Gasteiger partial charge >= 0.3 is 0 Å². The molecule has 0 radical (unpaired) electrons. The molecule has 1 N–H and O–H groups in total. The molecule has 0 aliphatic carbocycles. The van der Waals surface area contributed by atoms with Gasteiger partial charge in [0.1, 0.15) is 16.0 Å². The normalized spacial score (nSPS) is 10.5. The summed E-state index contributed by atoms with van der Waals surface area (Å²) < 4.78 is 12.8. The van der Waals surface area contributed by atoms with Crippen LogP contribution in [0.3, 0.4) is 0 Å². The number of rotatable bonds is 4. The maximum atomic E-state index is 12.8. The molecule has 0 aliphatic heterocycles. The zero-order chi connectivity index (χ0) is 16.2. The first-order valence-corrected chi connectivity index (χ1v) is 7.79. The van der Waals surface area contributed by atoms with Crippen LogP contribution in [-0.4, -0.2) is 21.1 Å². The van der Waals surface area contributed by atoms with Crippen LogP contribution in [0, 0.1) is 5.82 Å². The second kappa shape index (κ2) is 6.80. The van der Waals surface area contributed by atoms with Crippen molar-refractivity contribution in [3.8, 4) is 0 Å². The fourth-order valence-corrected chi connectivity index (χ4v) is 2.71. The van der Waals surface area contributed by atoms with Crippen molar-refractivity contribution in [1.82, 2.24) is 15.2 Å². The average Bonchev–Trinajstić information content (AvgIpc) is 2.97. The third-order valence-corrected chi connectivity index (χ3v) is 4.00. The summed E-state index contributed by atoms with van der Waals surface area (Å²) in [7, 11) is 0. The van der Waals surface area contributed by atoms with E-state index in [0.717, 1.165) is 10.6 Å². The van der Waals surface area contributed by atoms with Gasteiger partial charge in [-0.3, -0.25) is 10.1 Å². The van der Waals surface area contributed by atoms with Crippen LogP contribution in [0.25, 0.3) is 0 Å². The van der Waals surface area contributed by atoms with Crippen molar-refractivity contribution in [2.75, 3.05) is 5.32 Å². The number of carbonyl (C=O) groups is 1. The van der Waals surface area contributed by atoms with Gasteiger partial charge in [0.15, 0.2) is 0 Å². The molecule has 2 aromatic heterocycles. The number of halogens is 2. The summed E-state index contributed by atoms with van der Waals surface area (Å²) in [4.78, 5) is 16.0. The second-order valence-corrected chi connectivity index (χ2v) is 6.08. The van der Waals surface area contributed by atoms with Crippen LogP contribution in [0.1, 0.15) is 20.9 Å². The molecule has 0 unspecified atom stereocenters. The number of aromatic nitrogens is 3. The first-order valence-electron chi connectivity index (χ1n) is 6.60. The highest BCUT2D eigenvalue weighted by atomic mass is 35.5. The van der Waals surface area contributed by atoms with E-state index in [2.05, 4.69) is 20.5 Å². The van der Waals surface area contributed by atoms with Crippen LogP contribution in [-0.2, 0) is 6.42 Å². The number of hydrogen-bond donors (Lipinski definition) is 1. The van der Waals surface area contributed by atoms with E-state index in [9.17, 15) is 9.18 Å². The molecule has 0 bridgehead atoms. The third-order valence-electron chi connectivity index (χ3n) is 2.94. The van der Waals surface area contributed by atoms with E-state index in [1.807, 2.05) is 6.07 Å². The standard InChI is InChI=1S/C15H10ClFN4OS/c16-12-6-1-9(8-18-12)7-13-20-21-15(23-13)19-14(22)10-2-4-11(17)5-3-10/h1-6,8H,7H2,(H,19,21,22). The fourth-order valence-electron chi connectivity index (χ4n) is 1.83. The number of pyridine rings is 1. The molecule has 0 fully saturated rings. The average molecular weight is 349 g/mol. The Morgan fingerprint density at radius 1 is 1.17 bits per heavy atom. The molecule has 1 amide bonds. The highest BCUT2D eigenvalue weighted by Crippen LogP contribution is 2.19. The topological polar surface area (TPSA) is 67.8 Å². The van der Waals surface area contributed by atoms with Crippen LogP contribution < -0.4 is 5.32 Å². The van der Waals surface area contributed by atoms with Crippen molar-refractivity contribution in [2.24, 2.45) is 0 Å². The van der Waals surface area contributed by atoms with E-state index in [1.165, 1.54) is 35.6 Å². The van der Waals surface area contributed by atoms with Crippen LogP contribution in [0.15, 0.2) is 42.6 Å². The van der Waals surface area contributed by atoms with Crippen molar-refractivity contribution in [3.63, 3.8) is 0 Å². The number of hydrogen-bond acceptors (Lipinski definition) is 5. The van der Waals surface area contributed by atoms with Gasteiger partial charge in [-0.1, -0.05) is 29.0 Å².